The Bertz CT molecular complexity index is 1110. The van der Waals surface area contributed by atoms with Gasteiger partial charge in [0.2, 0.25) is 10.0 Å². The number of sulfonamides is 1. The molecule has 7 nitrogen and oxygen atoms in total. The van der Waals surface area contributed by atoms with E-state index in [0.717, 1.165) is 5.56 Å². The maximum atomic E-state index is 12.4. The molecule has 29 heavy (non-hydrogen) atoms. The Morgan fingerprint density at radius 1 is 1.00 bits per heavy atom. The van der Waals surface area contributed by atoms with Gasteiger partial charge in [-0.25, -0.2) is 13.1 Å². The van der Waals surface area contributed by atoms with Crippen molar-refractivity contribution in [3.8, 4) is 0 Å². The van der Waals surface area contributed by atoms with Crippen molar-refractivity contribution in [3.05, 3.63) is 82.7 Å². The number of furan rings is 1. The molecule has 1 amide bonds. The molecule has 1 aromatic heterocycles. The van der Waals surface area contributed by atoms with Crippen LogP contribution >= 0.6 is 28.1 Å². The number of carbonyl (C=O) groups excluding carboxylic acids is 1. The van der Waals surface area contributed by atoms with Gasteiger partial charge in [-0.05, 0) is 70.1 Å². The van der Waals surface area contributed by atoms with Gasteiger partial charge in [0.1, 0.15) is 0 Å². The van der Waals surface area contributed by atoms with Crippen LogP contribution < -0.4 is 15.4 Å². The molecule has 3 N–H and O–H groups in total. The molecule has 3 aromatic rings. The van der Waals surface area contributed by atoms with E-state index in [4.69, 9.17) is 16.6 Å². The lowest BCUT2D eigenvalue weighted by molar-refractivity contribution is 0.0949. The predicted octanol–water partition coefficient (Wildman–Crippen LogP) is 3.65. The maximum absolute atomic E-state index is 12.4. The van der Waals surface area contributed by atoms with Crippen molar-refractivity contribution in [2.75, 3.05) is 5.32 Å². The highest BCUT2D eigenvalue weighted by molar-refractivity contribution is 9.10. The molecule has 0 aliphatic heterocycles. The summed E-state index contributed by atoms with van der Waals surface area (Å²) in [5.74, 6) is -0.399. The van der Waals surface area contributed by atoms with Gasteiger partial charge in [0.15, 0.2) is 15.5 Å². The van der Waals surface area contributed by atoms with E-state index in [1.165, 1.54) is 18.2 Å². The third-order valence-corrected chi connectivity index (χ3v) is 5.80. The van der Waals surface area contributed by atoms with Crippen LogP contribution in [-0.4, -0.2) is 19.4 Å². The largest absolute Gasteiger partial charge is 0.444 e. The van der Waals surface area contributed by atoms with Crippen molar-refractivity contribution in [2.45, 2.75) is 11.4 Å². The van der Waals surface area contributed by atoms with Crippen molar-refractivity contribution >= 4 is 54.9 Å². The van der Waals surface area contributed by atoms with Crippen molar-refractivity contribution in [1.82, 2.24) is 10.0 Å². The molecule has 0 atom stereocenters. The van der Waals surface area contributed by atoms with Crippen LogP contribution in [0.15, 0.2) is 80.7 Å². The van der Waals surface area contributed by atoms with Gasteiger partial charge in [-0.3, -0.25) is 10.1 Å². The van der Waals surface area contributed by atoms with Gasteiger partial charge in [0, 0.05) is 12.2 Å². The Morgan fingerprint density at radius 2 is 1.69 bits per heavy atom. The van der Waals surface area contributed by atoms with Crippen LogP contribution in [0, 0.1) is 0 Å². The second-order valence-electron chi connectivity index (χ2n) is 5.85. The molecule has 0 aliphatic carbocycles. The zero-order valence-electron chi connectivity index (χ0n) is 14.9. The molecule has 0 spiro atoms. The SMILES string of the molecule is O=C(NC(=S)Nc1ccc(S(=O)(=O)NCc2ccccc2)cc1)c1ccc(Br)o1. The van der Waals surface area contributed by atoms with E-state index in [1.807, 2.05) is 30.3 Å². The highest BCUT2D eigenvalue weighted by Crippen LogP contribution is 2.16. The Hall–Kier alpha value is -2.53. The monoisotopic (exact) mass is 493 g/mol. The molecule has 0 saturated heterocycles. The topological polar surface area (TPSA) is 100 Å². The number of carbonyl (C=O) groups is 1. The van der Waals surface area contributed by atoms with E-state index in [-0.39, 0.29) is 22.3 Å². The third kappa shape index (κ3) is 5.97. The van der Waals surface area contributed by atoms with Gasteiger partial charge in [0.05, 0.1) is 4.90 Å². The van der Waals surface area contributed by atoms with E-state index in [1.54, 1.807) is 18.2 Å². The number of amides is 1. The van der Waals surface area contributed by atoms with Crippen LogP contribution in [0.5, 0.6) is 0 Å². The fourth-order valence-electron chi connectivity index (χ4n) is 2.34. The molecule has 1 heterocycles. The second kappa shape index (κ2) is 9.31. The zero-order chi connectivity index (χ0) is 20.9. The molecule has 150 valence electrons. The highest BCUT2D eigenvalue weighted by Gasteiger charge is 2.15. The lowest BCUT2D eigenvalue weighted by atomic mass is 10.2. The number of halogens is 1. The van der Waals surface area contributed by atoms with Crippen LogP contribution in [0.3, 0.4) is 0 Å². The first-order chi connectivity index (χ1) is 13.8. The molecule has 0 fully saturated rings. The molecule has 0 bridgehead atoms. The van der Waals surface area contributed by atoms with Crippen LogP contribution in [0.1, 0.15) is 16.1 Å². The van der Waals surface area contributed by atoms with Gasteiger partial charge in [-0.1, -0.05) is 30.3 Å². The summed E-state index contributed by atoms with van der Waals surface area (Å²) in [5, 5.41) is 5.35. The molecule has 2 aromatic carbocycles. The number of nitrogens with one attached hydrogen (secondary N) is 3. The second-order valence-corrected chi connectivity index (χ2v) is 8.80. The molecule has 0 unspecified atom stereocenters. The Balaban J connectivity index is 1.57. The van der Waals surface area contributed by atoms with Crippen LogP contribution in [0.25, 0.3) is 0 Å². The number of hydrogen-bond acceptors (Lipinski definition) is 5. The Morgan fingerprint density at radius 3 is 2.31 bits per heavy atom. The summed E-state index contributed by atoms with van der Waals surface area (Å²) >= 11 is 8.21. The standard InChI is InChI=1S/C19H16BrN3O4S2/c20-17-11-10-16(27-17)18(24)23-19(28)22-14-6-8-15(9-7-14)29(25,26)21-12-13-4-2-1-3-5-13/h1-11,21H,12H2,(H2,22,23,24,28). The summed E-state index contributed by atoms with van der Waals surface area (Å²) < 4.78 is 33.0. The number of anilines is 1. The molecule has 0 saturated carbocycles. The smallest absolute Gasteiger partial charge is 0.293 e. The molecular weight excluding hydrogens is 478 g/mol. The van der Waals surface area contributed by atoms with E-state index in [2.05, 4.69) is 31.3 Å². The number of benzene rings is 2. The van der Waals surface area contributed by atoms with Gasteiger partial charge in [0.25, 0.3) is 5.91 Å². The van der Waals surface area contributed by atoms with Gasteiger partial charge < -0.3 is 9.73 Å². The average molecular weight is 494 g/mol. The zero-order valence-corrected chi connectivity index (χ0v) is 18.1. The molecule has 0 aliphatic rings. The summed E-state index contributed by atoms with van der Waals surface area (Å²) in [5.41, 5.74) is 1.39. The number of rotatable bonds is 6. The molecular formula is C19H16BrN3O4S2. The summed E-state index contributed by atoms with van der Waals surface area (Å²) in [4.78, 5) is 12.1. The van der Waals surface area contributed by atoms with E-state index in [9.17, 15) is 13.2 Å². The minimum atomic E-state index is -3.65. The Kier molecular flexibility index (Phi) is 6.80. The van der Waals surface area contributed by atoms with Crippen LogP contribution in [0.2, 0.25) is 0 Å². The first-order valence-electron chi connectivity index (χ1n) is 8.35. The van der Waals surface area contributed by atoms with Crippen LogP contribution in [0.4, 0.5) is 5.69 Å². The minimum Gasteiger partial charge on any atom is -0.444 e. The van der Waals surface area contributed by atoms with Gasteiger partial charge in [-0.2, -0.15) is 0 Å². The molecule has 10 heteroatoms. The van der Waals surface area contributed by atoms with Crippen molar-refractivity contribution in [2.24, 2.45) is 0 Å². The fraction of sp³-hybridized carbons (Fsp3) is 0.0526. The number of hydrogen-bond donors (Lipinski definition) is 3. The highest BCUT2D eigenvalue weighted by atomic mass is 79.9. The Labute approximate surface area is 181 Å². The summed E-state index contributed by atoms with van der Waals surface area (Å²) in [6, 6.07) is 18.3. The third-order valence-electron chi connectivity index (χ3n) is 3.76. The lowest BCUT2D eigenvalue weighted by Gasteiger charge is -2.10. The van der Waals surface area contributed by atoms with E-state index in [0.29, 0.717) is 10.4 Å². The van der Waals surface area contributed by atoms with Crippen molar-refractivity contribution < 1.29 is 17.6 Å². The fourth-order valence-corrected chi connectivity index (χ4v) is 3.87. The van der Waals surface area contributed by atoms with E-state index < -0.39 is 15.9 Å². The average Bonchev–Trinajstić information content (AvgIpc) is 3.14. The minimum absolute atomic E-state index is 0.0559. The van der Waals surface area contributed by atoms with Crippen LogP contribution in [-0.2, 0) is 16.6 Å². The molecule has 0 radical (unpaired) electrons. The molecule has 3 rings (SSSR count). The summed E-state index contributed by atoms with van der Waals surface area (Å²) in [7, 11) is -3.65. The summed E-state index contributed by atoms with van der Waals surface area (Å²) in [6.07, 6.45) is 0. The maximum Gasteiger partial charge on any atom is 0.293 e. The first kappa shape index (κ1) is 21.2. The van der Waals surface area contributed by atoms with Crippen molar-refractivity contribution in [1.29, 1.82) is 0 Å². The van der Waals surface area contributed by atoms with Crippen molar-refractivity contribution in [3.63, 3.8) is 0 Å². The number of thiocarbonyl (C=S) groups is 1. The first-order valence-corrected chi connectivity index (χ1v) is 11.0. The summed E-state index contributed by atoms with van der Waals surface area (Å²) in [6.45, 7) is 0.197. The normalized spacial score (nSPS) is 11.1. The van der Waals surface area contributed by atoms with Gasteiger partial charge >= 0.3 is 0 Å². The van der Waals surface area contributed by atoms with Gasteiger partial charge in [-0.15, -0.1) is 0 Å². The predicted molar refractivity (Wildman–Crippen MR) is 117 cm³/mol. The van der Waals surface area contributed by atoms with E-state index >= 15 is 0 Å². The lowest BCUT2D eigenvalue weighted by Crippen LogP contribution is -2.33. The quantitative estimate of drug-likeness (QED) is 0.453.